The molecule has 0 saturated heterocycles. The zero-order valence-corrected chi connectivity index (χ0v) is 9.08. The van der Waals surface area contributed by atoms with E-state index in [1.807, 2.05) is 0 Å². The van der Waals surface area contributed by atoms with Gasteiger partial charge in [0.05, 0.1) is 6.07 Å². The summed E-state index contributed by atoms with van der Waals surface area (Å²) >= 11 is 0. The van der Waals surface area contributed by atoms with E-state index in [0.29, 0.717) is 18.5 Å². The van der Waals surface area contributed by atoms with Crippen LogP contribution in [0.4, 0.5) is 0 Å². The summed E-state index contributed by atoms with van der Waals surface area (Å²) in [6, 6.07) is 2.98. The van der Waals surface area contributed by atoms with Crippen LogP contribution in [0, 0.1) is 11.3 Å². The van der Waals surface area contributed by atoms with E-state index in [9.17, 15) is 0 Å². The molecule has 14 heavy (non-hydrogen) atoms. The van der Waals surface area contributed by atoms with Gasteiger partial charge in [0.1, 0.15) is 0 Å². The van der Waals surface area contributed by atoms with Crippen molar-refractivity contribution in [2.75, 3.05) is 13.6 Å². The van der Waals surface area contributed by atoms with Crippen molar-refractivity contribution in [2.24, 2.45) is 5.73 Å². The number of nitrogens with two attached hydrogens (primary N) is 1. The Morgan fingerprint density at radius 3 is 2.79 bits per heavy atom. The maximum Gasteiger partial charge on any atom is 0.0635 e. The van der Waals surface area contributed by atoms with Crippen molar-refractivity contribution in [3.63, 3.8) is 0 Å². The van der Waals surface area contributed by atoms with Crippen LogP contribution in [0.15, 0.2) is 0 Å². The largest absolute Gasteiger partial charge is 0.326 e. The monoisotopic (exact) mass is 195 g/mol. The Hall–Kier alpha value is -0.590. The van der Waals surface area contributed by atoms with Crippen molar-refractivity contribution in [1.82, 2.24) is 4.90 Å². The lowest BCUT2D eigenvalue weighted by Crippen LogP contribution is -2.45. The third-order valence-electron chi connectivity index (χ3n) is 3.17. The molecule has 80 valence electrons. The second-order valence-electron chi connectivity index (χ2n) is 4.26. The maximum atomic E-state index is 8.53. The van der Waals surface area contributed by atoms with Crippen LogP contribution in [0.25, 0.3) is 0 Å². The molecule has 0 aromatic heterocycles. The predicted octanol–water partition coefficient (Wildman–Crippen LogP) is 1.49. The molecule has 0 aromatic rings. The fourth-order valence-corrected chi connectivity index (χ4v) is 2.26. The van der Waals surface area contributed by atoms with Crippen molar-refractivity contribution in [2.45, 2.75) is 50.6 Å². The molecule has 0 heterocycles. The minimum Gasteiger partial charge on any atom is -0.326 e. The van der Waals surface area contributed by atoms with Gasteiger partial charge < -0.3 is 10.6 Å². The first-order valence-electron chi connectivity index (χ1n) is 5.58. The van der Waals surface area contributed by atoms with Crippen LogP contribution in [0.3, 0.4) is 0 Å². The molecule has 0 aromatic carbocycles. The molecule has 1 fully saturated rings. The Morgan fingerprint density at radius 1 is 1.36 bits per heavy atom. The van der Waals surface area contributed by atoms with Gasteiger partial charge in [-0.05, 0) is 19.9 Å². The van der Waals surface area contributed by atoms with Gasteiger partial charge >= 0.3 is 0 Å². The number of hydrogen-bond donors (Lipinski definition) is 1. The summed E-state index contributed by atoms with van der Waals surface area (Å²) in [5.74, 6) is 0. The summed E-state index contributed by atoms with van der Waals surface area (Å²) < 4.78 is 0. The number of nitrogens with zero attached hydrogens (tertiary/aromatic N) is 2. The molecule has 3 heteroatoms. The summed E-state index contributed by atoms with van der Waals surface area (Å²) in [6.45, 7) is 0.856. The second-order valence-corrected chi connectivity index (χ2v) is 4.26. The highest BCUT2D eigenvalue weighted by Gasteiger charge is 2.23. The SMILES string of the molecule is CN(CCC#N)C1CCCCCC1N. The molecule has 1 aliphatic rings. The lowest BCUT2D eigenvalue weighted by atomic mass is 10.0. The average molecular weight is 195 g/mol. The van der Waals surface area contributed by atoms with E-state index in [1.54, 1.807) is 0 Å². The van der Waals surface area contributed by atoms with Crippen molar-refractivity contribution in [3.8, 4) is 6.07 Å². The number of likely N-dealkylation sites (N-methyl/N-ethyl adjacent to an activating group) is 1. The topological polar surface area (TPSA) is 53.0 Å². The first kappa shape index (κ1) is 11.5. The van der Waals surface area contributed by atoms with Crippen LogP contribution < -0.4 is 5.73 Å². The molecule has 0 radical (unpaired) electrons. The molecule has 1 saturated carbocycles. The highest BCUT2D eigenvalue weighted by atomic mass is 15.1. The normalized spacial score (nSPS) is 28.4. The third kappa shape index (κ3) is 3.28. The lowest BCUT2D eigenvalue weighted by molar-refractivity contribution is 0.204. The van der Waals surface area contributed by atoms with Crippen molar-refractivity contribution < 1.29 is 0 Å². The van der Waals surface area contributed by atoms with E-state index in [4.69, 9.17) is 11.0 Å². The average Bonchev–Trinajstić information content (AvgIpc) is 2.39. The van der Waals surface area contributed by atoms with Gasteiger partial charge in [0.25, 0.3) is 0 Å². The van der Waals surface area contributed by atoms with Crippen molar-refractivity contribution >= 4 is 0 Å². The van der Waals surface area contributed by atoms with Crippen molar-refractivity contribution in [3.05, 3.63) is 0 Å². The van der Waals surface area contributed by atoms with E-state index in [1.165, 1.54) is 25.7 Å². The minimum absolute atomic E-state index is 0.307. The van der Waals surface area contributed by atoms with Crippen LogP contribution in [-0.4, -0.2) is 30.6 Å². The molecule has 1 aliphatic carbocycles. The lowest BCUT2D eigenvalue weighted by Gasteiger charge is -2.30. The Morgan fingerprint density at radius 2 is 2.07 bits per heavy atom. The maximum absolute atomic E-state index is 8.53. The molecule has 2 atom stereocenters. The van der Waals surface area contributed by atoms with Gasteiger partial charge in [-0.3, -0.25) is 0 Å². The second kappa shape index (κ2) is 6.00. The van der Waals surface area contributed by atoms with E-state index in [0.717, 1.165) is 13.0 Å². The number of hydrogen-bond acceptors (Lipinski definition) is 3. The molecular weight excluding hydrogens is 174 g/mol. The van der Waals surface area contributed by atoms with Gasteiger partial charge in [0.2, 0.25) is 0 Å². The predicted molar refractivity (Wildman–Crippen MR) is 57.7 cm³/mol. The van der Waals surface area contributed by atoms with Crippen molar-refractivity contribution in [1.29, 1.82) is 5.26 Å². The molecular formula is C11H21N3. The molecule has 2 N–H and O–H groups in total. The highest BCUT2D eigenvalue weighted by molar-refractivity contribution is 4.84. The third-order valence-corrected chi connectivity index (χ3v) is 3.17. The van der Waals surface area contributed by atoms with E-state index >= 15 is 0 Å². The first-order valence-corrected chi connectivity index (χ1v) is 5.58. The summed E-state index contributed by atoms with van der Waals surface area (Å²) in [4.78, 5) is 2.26. The van der Waals surface area contributed by atoms with Crippen LogP contribution in [0.2, 0.25) is 0 Å². The molecule has 0 spiro atoms. The molecule has 3 nitrogen and oxygen atoms in total. The van der Waals surface area contributed by atoms with Crippen LogP contribution in [0.5, 0.6) is 0 Å². The summed E-state index contributed by atoms with van der Waals surface area (Å²) in [6.07, 6.45) is 6.82. The van der Waals surface area contributed by atoms with E-state index in [-0.39, 0.29) is 0 Å². The van der Waals surface area contributed by atoms with Gasteiger partial charge in [-0.15, -0.1) is 0 Å². The Bertz CT molecular complexity index is 197. The molecule has 0 bridgehead atoms. The first-order chi connectivity index (χ1) is 6.75. The standard InChI is InChI=1S/C11H21N3/c1-14(9-5-8-12)11-7-4-2-3-6-10(11)13/h10-11H,2-7,9,13H2,1H3. The van der Waals surface area contributed by atoms with Crippen LogP contribution in [-0.2, 0) is 0 Å². The number of rotatable bonds is 3. The molecule has 1 rings (SSSR count). The van der Waals surface area contributed by atoms with Gasteiger partial charge in [0, 0.05) is 25.0 Å². The minimum atomic E-state index is 0.307. The zero-order valence-electron chi connectivity index (χ0n) is 9.08. The quantitative estimate of drug-likeness (QED) is 0.694. The van der Waals surface area contributed by atoms with Crippen LogP contribution >= 0.6 is 0 Å². The molecule has 2 unspecified atom stereocenters. The highest BCUT2D eigenvalue weighted by Crippen LogP contribution is 2.20. The molecule has 0 aliphatic heterocycles. The fourth-order valence-electron chi connectivity index (χ4n) is 2.26. The fraction of sp³-hybridized carbons (Fsp3) is 0.909. The van der Waals surface area contributed by atoms with Gasteiger partial charge in [-0.2, -0.15) is 5.26 Å². The zero-order chi connectivity index (χ0) is 10.4. The van der Waals surface area contributed by atoms with Crippen LogP contribution in [0.1, 0.15) is 38.5 Å². The smallest absolute Gasteiger partial charge is 0.0635 e. The summed E-state index contributed by atoms with van der Waals surface area (Å²) in [5.41, 5.74) is 6.13. The van der Waals surface area contributed by atoms with Gasteiger partial charge in [-0.1, -0.05) is 19.3 Å². The number of nitriles is 1. The Balaban J connectivity index is 2.42. The Labute approximate surface area is 86.9 Å². The van der Waals surface area contributed by atoms with E-state index < -0.39 is 0 Å². The Kier molecular flexibility index (Phi) is 4.92. The molecule has 0 amide bonds. The summed E-state index contributed by atoms with van der Waals surface area (Å²) in [5, 5.41) is 8.53. The summed E-state index contributed by atoms with van der Waals surface area (Å²) in [7, 11) is 2.09. The van der Waals surface area contributed by atoms with Gasteiger partial charge in [-0.25, -0.2) is 0 Å². The van der Waals surface area contributed by atoms with E-state index in [2.05, 4.69) is 18.0 Å². The van der Waals surface area contributed by atoms with Gasteiger partial charge in [0.15, 0.2) is 0 Å².